The minimum atomic E-state index is 0.0923. The van der Waals surface area contributed by atoms with E-state index >= 15 is 0 Å². The molecule has 0 aliphatic carbocycles. The summed E-state index contributed by atoms with van der Waals surface area (Å²) in [6, 6.07) is 74.5. The van der Waals surface area contributed by atoms with Crippen LogP contribution < -0.4 is 26.0 Å². The van der Waals surface area contributed by atoms with Crippen molar-refractivity contribution in [3.05, 3.63) is 228 Å². The third-order valence-corrected chi connectivity index (χ3v) is 15.5. The van der Waals surface area contributed by atoms with Crippen LogP contribution in [-0.4, -0.2) is 6.71 Å². The molecule has 70 heavy (non-hydrogen) atoms. The third-order valence-electron chi connectivity index (χ3n) is 15.5. The molecule has 2 nitrogen and oxygen atoms in total. The van der Waals surface area contributed by atoms with Crippen molar-refractivity contribution in [2.45, 2.75) is 34.6 Å². The van der Waals surface area contributed by atoms with Crippen LogP contribution in [0.25, 0.3) is 87.2 Å². The topological polar surface area (TPSA) is 12.5 Å². The van der Waals surface area contributed by atoms with Crippen molar-refractivity contribution in [3.8, 4) is 44.9 Å². The molecule has 3 heteroatoms. The molecule has 2 heterocycles. The van der Waals surface area contributed by atoms with Gasteiger partial charge in [0.05, 0.1) is 11.4 Å². The Morgan fingerprint density at radius 3 is 1.84 bits per heavy atom. The van der Waals surface area contributed by atoms with Gasteiger partial charge in [0.1, 0.15) is 11.5 Å². The SMILES string of the molecule is Cc1cc(C)c(B2c3c(C)cc(C)cc3-c3cccc4c3c2cc2c3cccc5c3c(cc42)-c2ccc(N(c3ccccc3-c3ccccc3)c3cccc4c3ccc3ccccc34)cc2O5)c(C)c1. The quantitative estimate of drug-likeness (QED) is 0.126. The van der Waals surface area contributed by atoms with E-state index in [-0.39, 0.29) is 6.71 Å². The number of aryl methyl sites for hydroxylation is 5. The third kappa shape index (κ3) is 5.94. The standard InChI is InChI=1S/C67H48BNO/c1-39-32-41(3)66(42(4)33-39)68-59-38-56-53-24-15-27-62-65(53)57(37-55(56)52-22-13-23-54(64(52)59)58-35-40(2)34-43(5)67(58)68)51-31-29-46(36-63(51)70-62)69(60-25-12-11-20-48(60)44-16-7-6-8-17-44)61-26-14-21-49-47-19-10-9-18-45(47)28-30-50(49)61/h6-38H,1-5H3. The first-order valence-corrected chi connectivity index (χ1v) is 24.6. The molecule has 0 bridgehead atoms. The van der Waals surface area contributed by atoms with Gasteiger partial charge in [-0.2, -0.15) is 0 Å². The molecule has 2 aliphatic heterocycles. The maximum absolute atomic E-state index is 7.18. The highest BCUT2D eigenvalue weighted by Gasteiger charge is 2.36. The largest absolute Gasteiger partial charge is 0.456 e. The molecule has 12 aromatic rings. The zero-order valence-corrected chi connectivity index (χ0v) is 40.0. The summed E-state index contributed by atoms with van der Waals surface area (Å²) in [6.45, 7) is 11.5. The van der Waals surface area contributed by atoms with Gasteiger partial charge in [-0.05, 0) is 136 Å². The van der Waals surface area contributed by atoms with Crippen molar-refractivity contribution < 1.29 is 4.74 Å². The van der Waals surface area contributed by atoms with E-state index in [9.17, 15) is 0 Å². The van der Waals surface area contributed by atoms with Gasteiger partial charge in [0, 0.05) is 33.7 Å². The fourth-order valence-corrected chi connectivity index (χ4v) is 12.8. The molecular formula is C67H48BNO. The van der Waals surface area contributed by atoms with E-state index in [2.05, 4.69) is 240 Å². The maximum Gasteiger partial charge on any atom is 0.243 e. The number of nitrogens with zero attached hydrogens (tertiary/aromatic N) is 1. The average Bonchev–Trinajstić information content (AvgIpc) is 3.37. The van der Waals surface area contributed by atoms with Gasteiger partial charge in [0.25, 0.3) is 0 Å². The summed E-state index contributed by atoms with van der Waals surface area (Å²) in [5.41, 5.74) is 21.4. The molecule has 0 spiro atoms. The predicted molar refractivity (Wildman–Crippen MR) is 300 cm³/mol. The lowest BCUT2D eigenvalue weighted by atomic mass is 9.32. The van der Waals surface area contributed by atoms with Gasteiger partial charge in [-0.1, -0.05) is 202 Å². The lowest BCUT2D eigenvalue weighted by Gasteiger charge is -2.32. The van der Waals surface area contributed by atoms with Crippen molar-refractivity contribution in [1.29, 1.82) is 0 Å². The van der Waals surface area contributed by atoms with Gasteiger partial charge in [0.2, 0.25) is 6.71 Å². The fraction of sp³-hybridized carbons (Fsp3) is 0.0746. The van der Waals surface area contributed by atoms with Crippen LogP contribution >= 0.6 is 0 Å². The van der Waals surface area contributed by atoms with Gasteiger partial charge >= 0.3 is 0 Å². The predicted octanol–water partition coefficient (Wildman–Crippen LogP) is 16.4. The van der Waals surface area contributed by atoms with Crippen LogP contribution in [0.1, 0.15) is 27.8 Å². The number of benzene rings is 12. The molecule has 12 aromatic carbocycles. The number of ether oxygens (including phenoxy) is 1. The van der Waals surface area contributed by atoms with E-state index in [1.54, 1.807) is 0 Å². The molecule has 0 N–H and O–H groups in total. The van der Waals surface area contributed by atoms with Crippen LogP contribution in [0.2, 0.25) is 0 Å². The Morgan fingerprint density at radius 2 is 1.00 bits per heavy atom. The van der Waals surface area contributed by atoms with E-state index in [1.807, 2.05) is 0 Å². The Kier molecular flexibility index (Phi) is 8.89. The molecule has 0 saturated carbocycles. The molecule has 0 radical (unpaired) electrons. The summed E-state index contributed by atoms with van der Waals surface area (Å²) in [7, 11) is 0. The summed E-state index contributed by atoms with van der Waals surface area (Å²) in [4.78, 5) is 2.43. The Hall–Kier alpha value is -8.40. The summed E-state index contributed by atoms with van der Waals surface area (Å²) in [5.74, 6) is 1.73. The van der Waals surface area contributed by atoms with E-state index in [4.69, 9.17) is 4.74 Å². The second-order valence-electron chi connectivity index (χ2n) is 19.8. The number of rotatable bonds is 5. The second-order valence-corrected chi connectivity index (χ2v) is 19.8. The molecule has 0 unspecified atom stereocenters. The van der Waals surface area contributed by atoms with Crippen molar-refractivity contribution in [3.63, 3.8) is 0 Å². The normalized spacial score (nSPS) is 12.4. The average molecular weight is 894 g/mol. The smallest absolute Gasteiger partial charge is 0.243 e. The maximum atomic E-state index is 7.18. The van der Waals surface area contributed by atoms with Gasteiger partial charge in [-0.25, -0.2) is 0 Å². The Morgan fingerprint density at radius 1 is 0.357 bits per heavy atom. The lowest BCUT2D eigenvalue weighted by molar-refractivity contribution is 0.487. The lowest BCUT2D eigenvalue weighted by Crippen LogP contribution is -2.57. The first-order valence-electron chi connectivity index (χ1n) is 24.6. The molecule has 0 fully saturated rings. The zero-order chi connectivity index (χ0) is 46.9. The van der Waals surface area contributed by atoms with Crippen molar-refractivity contribution in [2.75, 3.05) is 4.90 Å². The summed E-state index contributed by atoms with van der Waals surface area (Å²) in [6.07, 6.45) is 0. The second kappa shape index (κ2) is 15.3. The van der Waals surface area contributed by atoms with Crippen LogP contribution in [-0.2, 0) is 0 Å². The first kappa shape index (κ1) is 40.7. The van der Waals surface area contributed by atoms with Crippen molar-refractivity contribution in [1.82, 2.24) is 0 Å². The summed E-state index contributed by atoms with van der Waals surface area (Å²) < 4.78 is 7.18. The van der Waals surface area contributed by atoms with Gasteiger partial charge in [-0.15, -0.1) is 0 Å². The highest BCUT2D eigenvalue weighted by Crippen LogP contribution is 2.53. The van der Waals surface area contributed by atoms with Gasteiger partial charge in [-0.3, -0.25) is 0 Å². The van der Waals surface area contributed by atoms with Gasteiger partial charge in [0.15, 0.2) is 0 Å². The minimum absolute atomic E-state index is 0.0923. The number of para-hydroxylation sites is 1. The highest BCUT2D eigenvalue weighted by atomic mass is 16.5. The monoisotopic (exact) mass is 893 g/mol. The zero-order valence-electron chi connectivity index (χ0n) is 40.0. The van der Waals surface area contributed by atoms with Crippen LogP contribution in [0.4, 0.5) is 17.1 Å². The summed E-state index contributed by atoms with van der Waals surface area (Å²) >= 11 is 0. The molecule has 0 saturated heterocycles. The van der Waals surface area contributed by atoms with E-state index in [0.717, 1.165) is 50.6 Å². The number of hydrogen-bond donors (Lipinski definition) is 0. The highest BCUT2D eigenvalue weighted by molar-refractivity contribution is 6.99. The van der Waals surface area contributed by atoms with E-state index in [0.29, 0.717) is 0 Å². The van der Waals surface area contributed by atoms with E-state index < -0.39 is 0 Å². The Balaban J connectivity index is 1.01. The Labute approximate surface area is 409 Å². The molecule has 14 rings (SSSR count). The molecule has 330 valence electrons. The molecule has 2 aliphatic rings. The van der Waals surface area contributed by atoms with E-state index in [1.165, 1.54) is 109 Å². The van der Waals surface area contributed by atoms with Gasteiger partial charge < -0.3 is 9.64 Å². The summed E-state index contributed by atoms with van der Waals surface area (Å²) in [5, 5.41) is 12.4. The van der Waals surface area contributed by atoms with Crippen LogP contribution in [0.5, 0.6) is 11.5 Å². The number of anilines is 3. The van der Waals surface area contributed by atoms with Crippen molar-refractivity contribution in [2.24, 2.45) is 0 Å². The van der Waals surface area contributed by atoms with Crippen LogP contribution in [0, 0.1) is 34.6 Å². The number of hydrogen-bond acceptors (Lipinski definition) is 2. The molecular weight excluding hydrogens is 846 g/mol. The minimum Gasteiger partial charge on any atom is -0.456 e. The Bertz CT molecular complexity index is 4200. The number of fused-ring (bicyclic) bond motifs is 10. The van der Waals surface area contributed by atoms with Crippen molar-refractivity contribution >= 4 is 94.0 Å². The van der Waals surface area contributed by atoms with Crippen LogP contribution in [0.15, 0.2) is 200 Å². The van der Waals surface area contributed by atoms with Crippen LogP contribution in [0.3, 0.4) is 0 Å². The fourth-order valence-electron chi connectivity index (χ4n) is 12.8. The first-order chi connectivity index (χ1) is 34.3. The molecule has 0 atom stereocenters. The molecule has 0 amide bonds. The molecule has 0 aromatic heterocycles.